The highest BCUT2D eigenvalue weighted by Crippen LogP contribution is 2.34. The second kappa shape index (κ2) is 8.64. The molecule has 1 heterocycles. The predicted molar refractivity (Wildman–Crippen MR) is 108 cm³/mol. The largest absolute Gasteiger partial charge is 0.497 e. The van der Waals surface area contributed by atoms with Gasteiger partial charge in [-0.3, -0.25) is 4.79 Å². The van der Waals surface area contributed by atoms with Gasteiger partial charge in [0.2, 0.25) is 0 Å². The molecule has 1 N–H and O–H groups in total. The van der Waals surface area contributed by atoms with Gasteiger partial charge in [-0.15, -0.1) is 0 Å². The van der Waals surface area contributed by atoms with E-state index >= 15 is 0 Å². The number of aliphatic imine (C=N–C) groups is 1. The fourth-order valence-corrected chi connectivity index (χ4v) is 3.34. The van der Waals surface area contributed by atoms with E-state index in [0.29, 0.717) is 39.6 Å². The minimum absolute atomic E-state index is 0.211. The molecule has 0 saturated carbocycles. The molecule has 0 radical (unpaired) electrons. The van der Waals surface area contributed by atoms with Gasteiger partial charge >= 0.3 is 0 Å². The molecule has 2 aromatic rings. The number of benzene rings is 2. The van der Waals surface area contributed by atoms with Gasteiger partial charge in [0.1, 0.15) is 22.9 Å². The van der Waals surface area contributed by atoms with E-state index in [9.17, 15) is 4.79 Å². The Bertz CT molecular complexity index is 909. The fraction of sp³-hybridized carbons (Fsp3) is 0.200. The first-order valence-electron chi connectivity index (χ1n) is 8.38. The number of amidine groups is 1. The minimum Gasteiger partial charge on any atom is -0.497 e. The molecule has 0 unspecified atom stereocenters. The van der Waals surface area contributed by atoms with Crippen LogP contribution in [0, 0.1) is 0 Å². The van der Waals surface area contributed by atoms with Crippen LogP contribution in [0.5, 0.6) is 17.2 Å². The van der Waals surface area contributed by atoms with E-state index in [1.807, 2.05) is 37.3 Å². The van der Waals surface area contributed by atoms with Crippen molar-refractivity contribution in [2.75, 3.05) is 20.8 Å². The molecule has 6 nitrogen and oxygen atoms in total. The summed E-state index contributed by atoms with van der Waals surface area (Å²) >= 11 is 1.27. The topological polar surface area (TPSA) is 69.2 Å². The second-order valence-corrected chi connectivity index (χ2v) is 6.52. The van der Waals surface area contributed by atoms with Crippen LogP contribution in [0.3, 0.4) is 0 Å². The summed E-state index contributed by atoms with van der Waals surface area (Å²) in [6.45, 7) is 2.46. The van der Waals surface area contributed by atoms with Crippen molar-refractivity contribution in [1.29, 1.82) is 0 Å². The second-order valence-electron chi connectivity index (χ2n) is 5.49. The Balaban J connectivity index is 1.89. The van der Waals surface area contributed by atoms with Gasteiger partial charge in [-0.05, 0) is 55.1 Å². The SMILES string of the molecule is CCOc1ccccc1N=C1NC(=O)/C(=C/c2cc(OC)ccc2OC)S1. The van der Waals surface area contributed by atoms with Crippen LogP contribution in [-0.2, 0) is 4.79 Å². The predicted octanol–water partition coefficient (Wildman–Crippen LogP) is 3.99. The van der Waals surface area contributed by atoms with Crippen LogP contribution in [0.15, 0.2) is 52.4 Å². The molecule has 0 aromatic heterocycles. The molecule has 0 aliphatic carbocycles. The van der Waals surface area contributed by atoms with E-state index in [1.54, 1.807) is 32.4 Å². The van der Waals surface area contributed by atoms with E-state index in [-0.39, 0.29) is 5.91 Å². The summed E-state index contributed by atoms with van der Waals surface area (Å²) < 4.78 is 16.2. The van der Waals surface area contributed by atoms with Gasteiger partial charge in [0, 0.05) is 5.56 Å². The Morgan fingerprint density at radius 1 is 1.11 bits per heavy atom. The molecule has 3 rings (SSSR count). The Morgan fingerprint density at radius 2 is 1.93 bits per heavy atom. The van der Waals surface area contributed by atoms with E-state index in [4.69, 9.17) is 14.2 Å². The molecule has 1 fully saturated rings. The van der Waals surface area contributed by atoms with Crippen LogP contribution in [-0.4, -0.2) is 31.9 Å². The van der Waals surface area contributed by atoms with Gasteiger partial charge in [-0.25, -0.2) is 4.99 Å². The highest BCUT2D eigenvalue weighted by atomic mass is 32.2. The maximum absolute atomic E-state index is 12.4. The molecule has 0 atom stereocenters. The lowest BCUT2D eigenvalue weighted by atomic mass is 10.1. The van der Waals surface area contributed by atoms with Gasteiger partial charge in [-0.2, -0.15) is 0 Å². The van der Waals surface area contributed by atoms with E-state index in [2.05, 4.69) is 10.3 Å². The average Bonchev–Trinajstić information content (AvgIpc) is 3.02. The van der Waals surface area contributed by atoms with Crippen LogP contribution in [0.25, 0.3) is 6.08 Å². The number of carbonyl (C=O) groups excluding carboxylic acids is 1. The molecule has 1 aliphatic rings. The summed E-state index contributed by atoms with van der Waals surface area (Å²) in [5, 5.41) is 3.29. The van der Waals surface area contributed by atoms with Crippen LogP contribution in [0.1, 0.15) is 12.5 Å². The third-order valence-electron chi connectivity index (χ3n) is 3.76. The maximum atomic E-state index is 12.4. The van der Waals surface area contributed by atoms with E-state index < -0.39 is 0 Å². The maximum Gasteiger partial charge on any atom is 0.264 e. The third kappa shape index (κ3) is 4.43. The van der Waals surface area contributed by atoms with Crippen LogP contribution in [0.4, 0.5) is 5.69 Å². The molecule has 27 heavy (non-hydrogen) atoms. The van der Waals surface area contributed by atoms with Crippen molar-refractivity contribution in [1.82, 2.24) is 5.32 Å². The molecular formula is C20H20N2O4S. The Hall–Kier alpha value is -2.93. The number of para-hydroxylation sites is 2. The van der Waals surface area contributed by atoms with E-state index in [0.717, 1.165) is 5.56 Å². The zero-order valence-electron chi connectivity index (χ0n) is 15.3. The van der Waals surface area contributed by atoms with Crippen molar-refractivity contribution in [3.8, 4) is 17.2 Å². The molecule has 1 saturated heterocycles. The summed E-state index contributed by atoms with van der Waals surface area (Å²) in [6, 6.07) is 12.9. The van der Waals surface area contributed by atoms with Gasteiger partial charge in [0.25, 0.3) is 5.91 Å². The number of amides is 1. The molecule has 2 aromatic carbocycles. The number of hydrogen-bond donors (Lipinski definition) is 1. The number of rotatable bonds is 6. The first-order chi connectivity index (χ1) is 13.1. The zero-order valence-corrected chi connectivity index (χ0v) is 16.1. The van der Waals surface area contributed by atoms with Crippen molar-refractivity contribution in [3.05, 3.63) is 52.9 Å². The summed E-state index contributed by atoms with van der Waals surface area (Å²) in [6.07, 6.45) is 1.76. The molecule has 0 spiro atoms. The number of methoxy groups -OCH3 is 2. The molecule has 7 heteroatoms. The number of hydrogen-bond acceptors (Lipinski definition) is 6. The van der Waals surface area contributed by atoms with Crippen LogP contribution in [0.2, 0.25) is 0 Å². The van der Waals surface area contributed by atoms with Crippen LogP contribution >= 0.6 is 11.8 Å². The van der Waals surface area contributed by atoms with Gasteiger partial charge in [0.15, 0.2) is 5.17 Å². The smallest absolute Gasteiger partial charge is 0.264 e. The Labute approximate surface area is 162 Å². The first kappa shape index (κ1) is 18.8. The highest BCUT2D eigenvalue weighted by molar-refractivity contribution is 8.18. The fourth-order valence-electron chi connectivity index (χ4n) is 2.51. The monoisotopic (exact) mass is 384 g/mol. The summed E-state index contributed by atoms with van der Waals surface area (Å²) in [5.41, 5.74) is 1.42. The van der Waals surface area contributed by atoms with Gasteiger partial charge < -0.3 is 19.5 Å². The standard InChI is InChI=1S/C20H20N2O4S/c1-4-26-17-8-6-5-7-15(17)21-20-22-19(23)18(27-20)12-13-11-14(24-2)9-10-16(13)25-3/h5-12H,4H2,1-3H3,(H,21,22,23)/b18-12-. The summed E-state index contributed by atoms with van der Waals surface area (Å²) in [4.78, 5) is 17.4. The van der Waals surface area contributed by atoms with E-state index in [1.165, 1.54) is 11.8 Å². The van der Waals surface area contributed by atoms with Crippen molar-refractivity contribution in [2.45, 2.75) is 6.92 Å². The number of thioether (sulfide) groups is 1. The quantitative estimate of drug-likeness (QED) is 0.763. The summed E-state index contributed by atoms with van der Waals surface area (Å²) in [7, 11) is 3.18. The number of ether oxygens (including phenoxy) is 3. The first-order valence-corrected chi connectivity index (χ1v) is 9.19. The molecule has 0 bridgehead atoms. The minimum atomic E-state index is -0.211. The Morgan fingerprint density at radius 3 is 2.67 bits per heavy atom. The lowest BCUT2D eigenvalue weighted by Gasteiger charge is -2.07. The molecule has 140 valence electrons. The third-order valence-corrected chi connectivity index (χ3v) is 4.67. The van der Waals surface area contributed by atoms with Crippen molar-refractivity contribution in [2.24, 2.45) is 4.99 Å². The summed E-state index contributed by atoms with van der Waals surface area (Å²) in [5.74, 6) is 1.81. The lowest BCUT2D eigenvalue weighted by Crippen LogP contribution is -2.19. The van der Waals surface area contributed by atoms with Crippen LogP contribution < -0.4 is 19.5 Å². The highest BCUT2D eigenvalue weighted by Gasteiger charge is 2.24. The Kier molecular flexibility index (Phi) is 6.03. The van der Waals surface area contributed by atoms with Crippen molar-refractivity contribution in [3.63, 3.8) is 0 Å². The number of carbonyl (C=O) groups is 1. The number of nitrogens with one attached hydrogen (secondary N) is 1. The molecular weight excluding hydrogens is 364 g/mol. The lowest BCUT2D eigenvalue weighted by molar-refractivity contribution is -0.115. The zero-order chi connectivity index (χ0) is 19.2. The molecule has 1 aliphatic heterocycles. The average molecular weight is 384 g/mol. The molecule has 1 amide bonds. The number of nitrogens with zero attached hydrogens (tertiary/aromatic N) is 1. The van der Waals surface area contributed by atoms with Gasteiger partial charge in [-0.1, -0.05) is 12.1 Å². The van der Waals surface area contributed by atoms with Gasteiger partial charge in [0.05, 0.1) is 25.7 Å². The van der Waals surface area contributed by atoms with Crippen molar-refractivity contribution >= 4 is 34.6 Å². The normalized spacial score (nSPS) is 16.5. The van der Waals surface area contributed by atoms with Crippen molar-refractivity contribution < 1.29 is 19.0 Å².